The molecule has 0 aliphatic rings. The van der Waals surface area contributed by atoms with Gasteiger partial charge in [0.15, 0.2) is 5.78 Å². The van der Waals surface area contributed by atoms with Gasteiger partial charge in [0.05, 0.1) is 13.5 Å². The van der Waals surface area contributed by atoms with Crippen molar-refractivity contribution in [1.82, 2.24) is 0 Å². The topological polar surface area (TPSA) is 63.6 Å². The minimum Gasteiger partial charge on any atom is -0.467 e. The largest absolute Gasteiger partial charge is 0.467 e. The SMILES string of the molecule is COC(=O)[C@@](O)(CC(=O)c1ccc(C)cc1)C(F)(F)F. The van der Waals surface area contributed by atoms with Crippen LogP contribution in [0.25, 0.3) is 0 Å². The molecular formula is C13H13F3O4. The molecule has 1 aromatic carbocycles. The maximum atomic E-state index is 12.8. The molecule has 0 unspecified atom stereocenters. The van der Waals surface area contributed by atoms with E-state index in [1.807, 2.05) is 0 Å². The molecule has 110 valence electrons. The van der Waals surface area contributed by atoms with Crippen molar-refractivity contribution in [3.63, 3.8) is 0 Å². The van der Waals surface area contributed by atoms with Crippen LogP contribution in [0.5, 0.6) is 0 Å². The van der Waals surface area contributed by atoms with Crippen molar-refractivity contribution in [1.29, 1.82) is 0 Å². The summed E-state index contributed by atoms with van der Waals surface area (Å²) < 4.78 is 42.3. The maximum absolute atomic E-state index is 12.8. The van der Waals surface area contributed by atoms with E-state index >= 15 is 0 Å². The number of ketones is 1. The summed E-state index contributed by atoms with van der Waals surface area (Å²) in [4.78, 5) is 22.9. The summed E-state index contributed by atoms with van der Waals surface area (Å²) in [6.07, 6.45) is -6.73. The van der Waals surface area contributed by atoms with E-state index in [2.05, 4.69) is 4.74 Å². The van der Waals surface area contributed by atoms with Crippen molar-refractivity contribution in [2.45, 2.75) is 25.1 Å². The molecule has 0 amide bonds. The van der Waals surface area contributed by atoms with Gasteiger partial charge in [0.2, 0.25) is 0 Å². The number of carbonyl (C=O) groups is 2. The Balaban J connectivity index is 3.05. The Bertz CT molecular complexity index is 507. The van der Waals surface area contributed by atoms with Crippen LogP contribution in [-0.2, 0) is 9.53 Å². The zero-order valence-electron chi connectivity index (χ0n) is 10.8. The number of ether oxygens (including phenoxy) is 1. The van der Waals surface area contributed by atoms with Gasteiger partial charge in [0, 0.05) is 5.56 Å². The van der Waals surface area contributed by atoms with E-state index < -0.39 is 30.0 Å². The maximum Gasteiger partial charge on any atom is 0.428 e. The van der Waals surface area contributed by atoms with Gasteiger partial charge in [-0.3, -0.25) is 4.79 Å². The van der Waals surface area contributed by atoms with E-state index in [1.54, 1.807) is 6.92 Å². The number of alkyl halides is 3. The van der Waals surface area contributed by atoms with Gasteiger partial charge in [-0.1, -0.05) is 29.8 Å². The van der Waals surface area contributed by atoms with E-state index in [0.29, 0.717) is 7.11 Å². The number of methoxy groups -OCH3 is 1. The van der Waals surface area contributed by atoms with E-state index in [9.17, 15) is 27.9 Å². The van der Waals surface area contributed by atoms with Crippen LogP contribution in [0.3, 0.4) is 0 Å². The fourth-order valence-corrected chi connectivity index (χ4v) is 1.53. The van der Waals surface area contributed by atoms with Gasteiger partial charge in [-0.2, -0.15) is 13.2 Å². The van der Waals surface area contributed by atoms with Gasteiger partial charge in [-0.05, 0) is 6.92 Å². The molecule has 1 rings (SSSR count). The van der Waals surface area contributed by atoms with Crippen LogP contribution in [-0.4, -0.2) is 35.7 Å². The summed E-state index contributed by atoms with van der Waals surface area (Å²) in [6.45, 7) is 1.74. The number of benzene rings is 1. The first-order valence-corrected chi connectivity index (χ1v) is 5.59. The van der Waals surface area contributed by atoms with Gasteiger partial charge in [0.1, 0.15) is 0 Å². The molecule has 7 heteroatoms. The van der Waals surface area contributed by atoms with E-state index in [-0.39, 0.29) is 5.56 Å². The summed E-state index contributed by atoms with van der Waals surface area (Å²) in [7, 11) is 0.704. The molecule has 0 saturated heterocycles. The molecule has 1 atom stereocenters. The minimum absolute atomic E-state index is 0.0258. The zero-order chi connectivity index (χ0) is 15.6. The molecule has 0 bridgehead atoms. The molecule has 1 N–H and O–H groups in total. The summed E-state index contributed by atoms with van der Waals surface area (Å²) >= 11 is 0. The van der Waals surface area contributed by atoms with E-state index in [1.165, 1.54) is 24.3 Å². The van der Waals surface area contributed by atoms with Gasteiger partial charge in [-0.15, -0.1) is 0 Å². The monoisotopic (exact) mass is 290 g/mol. The summed E-state index contributed by atoms with van der Waals surface area (Å²) in [5.41, 5.74) is -3.05. The average molecular weight is 290 g/mol. The second kappa shape index (κ2) is 5.62. The van der Waals surface area contributed by atoms with E-state index in [0.717, 1.165) is 5.56 Å². The number of carbonyl (C=O) groups excluding carboxylic acids is 2. The molecule has 0 aliphatic carbocycles. The summed E-state index contributed by atoms with van der Waals surface area (Å²) in [6, 6.07) is 5.73. The molecule has 0 spiro atoms. The number of aliphatic hydroxyl groups is 1. The lowest BCUT2D eigenvalue weighted by atomic mass is 9.93. The van der Waals surface area contributed by atoms with Crippen LogP contribution in [0.2, 0.25) is 0 Å². The fraction of sp³-hybridized carbons (Fsp3) is 0.385. The number of rotatable bonds is 4. The number of halogens is 3. The normalized spacial score (nSPS) is 14.5. The number of esters is 1. The molecule has 0 aliphatic heterocycles. The molecule has 0 radical (unpaired) electrons. The smallest absolute Gasteiger partial charge is 0.428 e. The fourth-order valence-electron chi connectivity index (χ4n) is 1.53. The Kier molecular flexibility index (Phi) is 4.54. The Morgan fingerprint density at radius 1 is 1.20 bits per heavy atom. The first kappa shape index (κ1) is 16.2. The lowest BCUT2D eigenvalue weighted by Gasteiger charge is -2.26. The van der Waals surface area contributed by atoms with Gasteiger partial charge in [0.25, 0.3) is 5.60 Å². The Morgan fingerprint density at radius 3 is 2.10 bits per heavy atom. The molecular weight excluding hydrogens is 277 g/mol. The first-order valence-electron chi connectivity index (χ1n) is 5.59. The molecule has 4 nitrogen and oxygen atoms in total. The van der Waals surface area contributed by atoms with Crippen molar-refractivity contribution in [2.75, 3.05) is 7.11 Å². The average Bonchev–Trinajstić information content (AvgIpc) is 2.36. The Labute approximate surface area is 113 Å². The highest BCUT2D eigenvalue weighted by atomic mass is 19.4. The van der Waals surface area contributed by atoms with Crippen LogP contribution >= 0.6 is 0 Å². The number of aryl methyl sites for hydroxylation is 1. The summed E-state index contributed by atoms with van der Waals surface area (Å²) in [5, 5.41) is 9.48. The van der Waals surface area contributed by atoms with Crippen LogP contribution < -0.4 is 0 Å². The standard InChI is InChI=1S/C13H13F3O4/c1-8-3-5-9(6-4-8)10(17)7-12(19,11(18)20-2)13(14,15)16/h3-6,19H,7H2,1-2H3/t12-/m0/s1. The third-order valence-corrected chi connectivity index (χ3v) is 2.78. The van der Waals surface area contributed by atoms with Crippen LogP contribution in [0.1, 0.15) is 22.3 Å². The lowest BCUT2D eigenvalue weighted by molar-refractivity contribution is -0.260. The zero-order valence-corrected chi connectivity index (χ0v) is 10.8. The van der Waals surface area contributed by atoms with Crippen LogP contribution in [0.15, 0.2) is 24.3 Å². The quantitative estimate of drug-likeness (QED) is 0.681. The predicted molar refractivity (Wildman–Crippen MR) is 63.1 cm³/mol. The van der Waals surface area contributed by atoms with E-state index in [4.69, 9.17) is 0 Å². The van der Waals surface area contributed by atoms with Crippen LogP contribution in [0.4, 0.5) is 13.2 Å². The summed E-state index contributed by atoms with van der Waals surface area (Å²) in [5.74, 6) is -2.92. The second-order valence-corrected chi connectivity index (χ2v) is 4.32. The van der Waals surface area contributed by atoms with Crippen molar-refractivity contribution in [3.05, 3.63) is 35.4 Å². The molecule has 0 fully saturated rings. The van der Waals surface area contributed by atoms with Crippen LogP contribution in [0, 0.1) is 6.92 Å². The highest BCUT2D eigenvalue weighted by molar-refractivity contribution is 6.00. The Hall–Kier alpha value is -1.89. The molecule has 20 heavy (non-hydrogen) atoms. The van der Waals surface area contributed by atoms with Gasteiger partial charge >= 0.3 is 12.1 Å². The highest BCUT2D eigenvalue weighted by Gasteiger charge is 2.61. The molecule has 0 aromatic heterocycles. The number of Topliss-reactive ketones (excluding diaryl/α,β-unsaturated/α-hetero) is 1. The van der Waals surface area contributed by atoms with Crippen molar-refractivity contribution in [3.8, 4) is 0 Å². The van der Waals surface area contributed by atoms with Gasteiger partial charge in [-0.25, -0.2) is 4.79 Å². The third kappa shape index (κ3) is 3.16. The molecule has 1 aromatic rings. The van der Waals surface area contributed by atoms with Gasteiger partial charge < -0.3 is 9.84 Å². The number of hydrogen-bond acceptors (Lipinski definition) is 4. The second-order valence-electron chi connectivity index (χ2n) is 4.32. The minimum atomic E-state index is -5.31. The highest BCUT2D eigenvalue weighted by Crippen LogP contribution is 2.35. The van der Waals surface area contributed by atoms with Crippen molar-refractivity contribution < 1.29 is 32.6 Å². The molecule has 0 saturated carbocycles. The Morgan fingerprint density at radius 2 is 1.70 bits per heavy atom. The van der Waals surface area contributed by atoms with Crippen molar-refractivity contribution in [2.24, 2.45) is 0 Å². The predicted octanol–water partition coefficient (Wildman–Crippen LogP) is 2.03. The molecule has 0 heterocycles. The first-order chi connectivity index (χ1) is 9.11. The lowest BCUT2D eigenvalue weighted by Crippen LogP contribution is -2.54. The van der Waals surface area contributed by atoms with Crippen molar-refractivity contribution >= 4 is 11.8 Å². The third-order valence-electron chi connectivity index (χ3n) is 2.78. The number of hydrogen-bond donors (Lipinski definition) is 1.